The van der Waals surface area contributed by atoms with Crippen LogP contribution >= 0.6 is 0 Å². The van der Waals surface area contributed by atoms with Crippen molar-refractivity contribution in [2.75, 3.05) is 14.2 Å². The topological polar surface area (TPSA) is 35.5 Å². The molecule has 0 unspecified atom stereocenters. The molecule has 4 aromatic rings. The van der Waals surface area contributed by atoms with E-state index in [2.05, 4.69) is 12.1 Å². The first-order valence-electron chi connectivity index (χ1n) is 7.73. The van der Waals surface area contributed by atoms with Gasteiger partial charge >= 0.3 is 5.97 Å². The number of rotatable bonds is 2. The molecule has 0 atom stereocenters. The van der Waals surface area contributed by atoms with E-state index in [0.29, 0.717) is 5.56 Å². The van der Waals surface area contributed by atoms with Gasteiger partial charge in [0, 0.05) is 5.39 Å². The van der Waals surface area contributed by atoms with E-state index in [9.17, 15) is 4.79 Å². The van der Waals surface area contributed by atoms with Crippen LogP contribution in [0.5, 0.6) is 5.75 Å². The molecule has 0 N–H and O–H groups in total. The second kappa shape index (κ2) is 5.53. The predicted molar refractivity (Wildman–Crippen MR) is 96.9 cm³/mol. The lowest BCUT2D eigenvalue weighted by molar-refractivity contribution is 0.0603. The molecule has 0 aromatic heterocycles. The van der Waals surface area contributed by atoms with Crippen LogP contribution in [0.1, 0.15) is 10.4 Å². The molecule has 0 spiro atoms. The number of carbonyl (C=O) groups is 1. The van der Waals surface area contributed by atoms with Crippen LogP contribution in [0.4, 0.5) is 0 Å². The zero-order valence-electron chi connectivity index (χ0n) is 13.5. The quantitative estimate of drug-likeness (QED) is 0.388. The average molecular weight is 316 g/mol. The predicted octanol–water partition coefficient (Wildman–Crippen LogP) is 4.94. The van der Waals surface area contributed by atoms with Crippen molar-refractivity contribution in [3.05, 3.63) is 66.2 Å². The van der Waals surface area contributed by atoms with Crippen LogP contribution in [-0.2, 0) is 4.74 Å². The van der Waals surface area contributed by atoms with Gasteiger partial charge in [-0.3, -0.25) is 0 Å². The Hall–Kier alpha value is -3.07. The van der Waals surface area contributed by atoms with Gasteiger partial charge in [-0.05, 0) is 45.1 Å². The molecule has 0 aliphatic heterocycles. The highest BCUT2D eigenvalue weighted by Gasteiger charge is 2.16. The lowest BCUT2D eigenvalue weighted by Gasteiger charge is -2.13. The first-order chi connectivity index (χ1) is 11.7. The van der Waals surface area contributed by atoms with Gasteiger partial charge in [0.2, 0.25) is 0 Å². The SMILES string of the molecule is COC(=O)c1cc2cc(OC)ccc2c2ccc3ccccc3c12. The highest BCUT2D eigenvalue weighted by molar-refractivity contribution is 6.24. The normalized spacial score (nSPS) is 11.1. The van der Waals surface area contributed by atoms with Crippen molar-refractivity contribution < 1.29 is 14.3 Å². The monoisotopic (exact) mass is 316 g/mol. The summed E-state index contributed by atoms with van der Waals surface area (Å²) in [5, 5.41) is 6.16. The van der Waals surface area contributed by atoms with Crippen LogP contribution in [0.25, 0.3) is 32.3 Å². The van der Waals surface area contributed by atoms with Gasteiger partial charge in [0.15, 0.2) is 0 Å². The summed E-state index contributed by atoms with van der Waals surface area (Å²) in [5.74, 6) is 0.430. The number of esters is 1. The third-order valence-corrected chi connectivity index (χ3v) is 4.45. The van der Waals surface area contributed by atoms with Crippen molar-refractivity contribution in [3.8, 4) is 5.75 Å². The molecule has 3 nitrogen and oxygen atoms in total. The maximum absolute atomic E-state index is 12.4. The largest absolute Gasteiger partial charge is 0.497 e. The van der Waals surface area contributed by atoms with Gasteiger partial charge in [-0.25, -0.2) is 4.79 Å². The minimum atomic E-state index is -0.332. The number of benzene rings is 4. The van der Waals surface area contributed by atoms with Gasteiger partial charge < -0.3 is 9.47 Å². The number of hydrogen-bond acceptors (Lipinski definition) is 3. The Balaban J connectivity index is 2.24. The van der Waals surface area contributed by atoms with E-state index in [-0.39, 0.29) is 5.97 Å². The van der Waals surface area contributed by atoms with Crippen molar-refractivity contribution in [1.29, 1.82) is 0 Å². The van der Waals surface area contributed by atoms with Gasteiger partial charge in [0.1, 0.15) is 5.75 Å². The summed E-state index contributed by atoms with van der Waals surface area (Å²) in [6.45, 7) is 0. The van der Waals surface area contributed by atoms with E-state index in [4.69, 9.17) is 9.47 Å². The molecule has 0 radical (unpaired) electrons. The Morgan fingerprint density at radius 1 is 0.792 bits per heavy atom. The summed E-state index contributed by atoms with van der Waals surface area (Å²) in [7, 11) is 3.05. The highest BCUT2D eigenvalue weighted by Crippen LogP contribution is 2.35. The number of fused-ring (bicyclic) bond motifs is 5. The Bertz CT molecular complexity index is 1100. The molecule has 0 saturated heterocycles. The van der Waals surface area contributed by atoms with Gasteiger partial charge in [-0.15, -0.1) is 0 Å². The van der Waals surface area contributed by atoms with Gasteiger partial charge in [0.05, 0.1) is 19.8 Å². The second-order valence-electron chi connectivity index (χ2n) is 5.71. The summed E-state index contributed by atoms with van der Waals surface area (Å²) < 4.78 is 10.3. The number of methoxy groups -OCH3 is 2. The van der Waals surface area contributed by atoms with E-state index in [1.165, 1.54) is 7.11 Å². The first-order valence-corrected chi connectivity index (χ1v) is 7.73. The zero-order chi connectivity index (χ0) is 16.7. The maximum atomic E-state index is 12.4. The van der Waals surface area contributed by atoms with E-state index in [0.717, 1.165) is 38.1 Å². The maximum Gasteiger partial charge on any atom is 0.338 e. The van der Waals surface area contributed by atoms with E-state index >= 15 is 0 Å². The van der Waals surface area contributed by atoms with Gasteiger partial charge in [-0.1, -0.05) is 42.5 Å². The van der Waals surface area contributed by atoms with Crippen molar-refractivity contribution in [1.82, 2.24) is 0 Å². The summed E-state index contributed by atoms with van der Waals surface area (Å²) >= 11 is 0. The molecule has 0 bridgehead atoms. The van der Waals surface area contributed by atoms with Crippen LogP contribution in [0.15, 0.2) is 60.7 Å². The van der Waals surface area contributed by atoms with Gasteiger partial charge in [-0.2, -0.15) is 0 Å². The summed E-state index contributed by atoms with van der Waals surface area (Å²) in [5.41, 5.74) is 0.574. The molecule has 0 saturated carbocycles. The van der Waals surface area contributed by atoms with E-state index in [1.54, 1.807) is 7.11 Å². The van der Waals surface area contributed by atoms with Crippen LogP contribution < -0.4 is 4.74 Å². The fraction of sp³-hybridized carbons (Fsp3) is 0.0952. The Kier molecular flexibility index (Phi) is 3.35. The Labute approximate surface area is 139 Å². The van der Waals surface area contributed by atoms with Crippen LogP contribution in [-0.4, -0.2) is 20.2 Å². The van der Waals surface area contributed by atoms with Crippen molar-refractivity contribution in [3.63, 3.8) is 0 Å². The summed E-state index contributed by atoms with van der Waals surface area (Å²) in [6.07, 6.45) is 0. The lowest BCUT2D eigenvalue weighted by atomic mass is 9.93. The molecule has 3 heteroatoms. The number of carbonyl (C=O) groups excluding carboxylic acids is 1. The molecule has 118 valence electrons. The first kappa shape index (κ1) is 14.5. The molecule has 0 aliphatic carbocycles. The molecule has 0 amide bonds. The van der Waals surface area contributed by atoms with E-state index < -0.39 is 0 Å². The molecule has 4 rings (SSSR count). The molecule has 24 heavy (non-hydrogen) atoms. The van der Waals surface area contributed by atoms with E-state index in [1.807, 2.05) is 48.5 Å². The number of hydrogen-bond donors (Lipinski definition) is 0. The van der Waals surface area contributed by atoms with Gasteiger partial charge in [0.25, 0.3) is 0 Å². The standard InChI is InChI=1S/C21H16O3/c1-23-15-8-10-16-14(11-15)12-19(21(22)24-2)20-17-6-4-3-5-13(17)7-9-18(16)20/h3-12H,1-2H3. The second-order valence-corrected chi connectivity index (χ2v) is 5.71. The Morgan fingerprint density at radius 2 is 1.58 bits per heavy atom. The van der Waals surface area contributed by atoms with Crippen LogP contribution in [0.2, 0.25) is 0 Å². The fourth-order valence-electron chi connectivity index (χ4n) is 3.32. The van der Waals surface area contributed by atoms with Crippen molar-refractivity contribution in [2.24, 2.45) is 0 Å². The minimum absolute atomic E-state index is 0.332. The molecular weight excluding hydrogens is 300 g/mol. The highest BCUT2D eigenvalue weighted by atomic mass is 16.5. The smallest absolute Gasteiger partial charge is 0.338 e. The third kappa shape index (κ3) is 2.09. The van der Waals surface area contributed by atoms with Crippen LogP contribution in [0.3, 0.4) is 0 Å². The van der Waals surface area contributed by atoms with Crippen LogP contribution in [0, 0.1) is 0 Å². The fourth-order valence-corrected chi connectivity index (χ4v) is 3.32. The molecule has 0 heterocycles. The zero-order valence-corrected chi connectivity index (χ0v) is 13.5. The average Bonchev–Trinajstić information content (AvgIpc) is 2.65. The molecular formula is C21H16O3. The van der Waals surface area contributed by atoms with Crippen molar-refractivity contribution >= 4 is 38.3 Å². The third-order valence-electron chi connectivity index (χ3n) is 4.45. The Morgan fingerprint density at radius 3 is 2.38 bits per heavy atom. The molecule has 4 aromatic carbocycles. The lowest BCUT2D eigenvalue weighted by Crippen LogP contribution is -2.03. The molecule has 0 fully saturated rings. The summed E-state index contributed by atoms with van der Waals surface area (Å²) in [6, 6.07) is 20.0. The van der Waals surface area contributed by atoms with Crippen molar-refractivity contribution in [2.45, 2.75) is 0 Å². The summed E-state index contributed by atoms with van der Waals surface area (Å²) in [4.78, 5) is 12.4. The molecule has 0 aliphatic rings. The number of ether oxygens (including phenoxy) is 2. The minimum Gasteiger partial charge on any atom is -0.497 e.